The van der Waals surface area contributed by atoms with Crippen molar-refractivity contribution < 1.29 is 8.42 Å². The van der Waals surface area contributed by atoms with Crippen molar-refractivity contribution in [1.29, 1.82) is 0 Å². The fraction of sp³-hybridized carbons (Fsp3) is 0.600. The lowest BCUT2D eigenvalue weighted by atomic mass is 10.5. The molecule has 0 aliphatic carbocycles. The Morgan fingerprint density at radius 2 is 2.17 bits per heavy atom. The van der Waals surface area contributed by atoms with Crippen molar-refractivity contribution in [3.63, 3.8) is 0 Å². The summed E-state index contributed by atoms with van der Waals surface area (Å²) in [5, 5.41) is -0.512. The Kier molecular flexibility index (Phi) is 4.50. The largest absolute Gasteiger partial charge is 0.322 e. The molecule has 0 saturated carbocycles. The van der Waals surface area contributed by atoms with E-state index >= 15 is 0 Å². The van der Waals surface area contributed by atoms with E-state index in [2.05, 4.69) is 25.9 Å². The first-order valence-electron chi connectivity index (χ1n) is 5.58. The summed E-state index contributed by atoms with van der Waals surface area (Å²) in [7, 11) is -3.12. The second-order valence-electron chi connectivity index (χ2n) is 3.88. The molecule has 0 spiro atoms. The highest BCUT2D eigenvalue weighted by Crippen LogP contribution is 2.25. The first kappa shape index (κ1) is 14.1. The fourth-order valence-electron chi connectivity index (χ4n) is 1.75. The van der Waals surface area contributed by atoms with E-state index in [1.807, 2.05) is 0 Å². The monoisotopic (exact) mass is 351 g/mol. The van der Waals surface area contributed by atoms with E-state index in [0.717, 1.165) is 10.2 Å². The van der Waals surface area contributed by atoms with Crippen molar-refractivity contribution in [1.82, 2.24) is 9.97 Å². The quantitative estimate of drug-likeness (QED) is 0.823. The molecule has 18 heavy (non-hydrogen) atoms. The van der Waals surface area contributed by atoms with E-state index in [9.17, 15) is 8.42 Å². The predicted octanol–water partition coefficient (Wildman–Crippen LogP) is 1.55. The zero-order valence-corrected chi connectivity index (χ0v) is 13.1. The van der Waals surface area contributed by atoms with Gasteiger partial charge in [-0.3, -0.25) is 0 Å². The summed E-state index contributed by atoms with van der Waals surface area (Å²) in [6.45, 7) is 2.34. The molecule has 0 amide bonds. The van der Waals surface area contributed by atoms with Crippen molar-refractivity contribution in [2.75, 3.05) is 28.7 Å². The molecule has 0 N–H and O–H groups in total. The Bertz CT molecular complexity index is 506. The molecule has 1 aliphatic rings. The molecule has 0 bridgehead atoms. The van der Waals surface area contributed by atoms with Crippen LogP contribution in [0, 0.1) is 0 Å². The second-order valence-corrected chi connectivity index (χ2v) is 8.39. The average molecular weight is 352 g/mol. The van der Waals surface area contributed by atoms with Gasteiger partial charge in [0.2, 0.25) is 5.95 Å². The third-order valence-electron chi connectivity index (χ3n) is 2.77. The number of anilines is 1. The number of rotatable bonds is 3. The van der Waals surface area contributed by atoms with E-state index < -0.39 is 15.2 Å². The van der Waals surface area contributed by atoms with E-state index in [1.54, 1.807) is 36.0 Å². The van der Waals surface area contributed by atoms with Gasteiger partial charge in [-0.05, 0) is 15.9 Å². The average Bonchev–Trinajstić information content (AvgIpc) is 2.40. The smallest absolute Gasteiger partial charge is 0.226 e. The number of nitrogens with zero attached hydrogens (tertiary/aromatic N) is 3. The minimum absolute atomic E-state index is 0.144. The number of aromatic nitrogens is 2. The van der Waals surface area contributed by atoms with Crippen LogP contribution < -0.4 is 4.90 Å². The minimum atomic E-state index is -3.12. The Morgan fingerprint density at radius 1 is 1.50 bits per heavy atom. The van der Waals surface area contributed by atoms with Crippen LogP contribution in [0.25, 0.3) is 0 Å². The summed E-state index contributed by atoms with van der Waals surface area (Å²) in [6, 6.07) is 0. The first-order chi connectivity index (χ1) is 8.54. The normalized spacial score (nSPS) is 21.0. The zero-order valence-electron chi connectivity index (χ0n) is 9.91. The van der Waals surface area contributed by atoms with Gasteiger partial charge in [-0.1, -0.05) is 6.92 Å². The second kappa shape index (κ2) is 5.75. The Hall–Kier alpha value is -0.340. The van der Waals surface area contributed by atoms with Crippen LogP contribution in [0.2, 0.25) is 0 Å². The molecule has 1 fully saturated rings. The molecule has 0 radical (unpaired) electrons. The van der Waals surface area contributed by atoms with Gasteiger partial charge in [0.25, 0.3) is 0 Å². The maximum Gasteiger partial charge on any atom is 0.226 e. The molecule has 2 rings (SSSR count). The third-order valence-corrected chi connectivity index (χ3v) is 6.46. The van der Waals surface area contributed by atoms with Gasteiger partial charge >= 0.3 is 0 Å². The summed E-state index contributed by atoms with van der Waals surface area (Å²) in [5.74, 6) is 2.11. The van der Waals surface area contributed by atoms with Crippen molar-refractivity contribution >= 4 is 43.5 Å². The Morgan fingerprint density at radius 3 is 2.78 bits per heavy atom. The molecular weight excluding hydrogens is 338 g/mol. The van der Waals surface area contributed by atoms with Gasteiger partial charge in [-0.2, -0.15) is 11.8 Å². The molecule has 2 heterocycles. The van der Waals surface area contributed by atoms with Crippen molar-refractivity contribution in [3.8, 4) is 0 Å². The van der Waals surface area contributed by atoms with Crippen molar-refractivity contribution in [2.45, 2.75) is 12.3 Å². The molecule has 8 heteroatoms. The van der Waals surface area contributed by atoms with Gasteiger partial charge in [0.1, 0.15) is 5.37 Å². The SMILES string of the molecule is CCS(=O)(=O)C1CSCCN1c1ncc(Br)cn1. The standard InChI is InChI=1S/C10H14BrN3O2S2/c1-2-18(15,16)9-7-17-4-3-14(9)10-12-5-8(11)6-13-10/h5-6,9H,2-4,7H2,1H3. The van der Waals surface area contributed by atoms with Crippen LogP contribution in [0.1, 0.15) is 6.92 Å². The van der Waals surface area contributed by atoms with Crippen LogP contribution in [0.3, 0.4) is 0 Å². The number of hydrogen-bond acceptors (Lipinski definition) is 6. The van der Waals surface area contributed by atoms with Gasteiger partial charge in [0, 0.05) is 36.2 Å². The van der Waals surface area contributed by atoms with Crippen molar-refractivity contribution in [2.24, 2.45) is 0 Å². The molecule has 5 nitrogen and oxygen atoms in total. The highest BCUT2D eigenvalue weighted by molar-refractivity contribution is 9.10. The molecule has 1 atom stereocenters. The molecule has 100 valence electrons. The summed E-state index contributed by atoms with van der Waals surface area (Å²) < 4.78 is 25.0. The van der Waals surface area contributed by atoms with Crippen LogP contribution in [-0.2, 0) is 9.84 Å². The number of sulfone groups is 1. The minimum Gasteiger partial charge on any atom is -0.322 e. The lowest BCUT2D eigenvalue weighted by Gasteiger charge is -2.34. The highest BCUT2D eigenvalue weighted by atomic mass is 79.9. The van der Waals surface area contributed by atoms with Crippen molar-refractivity contribution in [3.05, 3.63) is 16.9 Å². The van der Waals surface area contributed by atoms with E-state index in [0.29, 0.717) is 18.2 Å². The molecule has 1 aromatic rings. The van der Waals surface area contributed by atoms with Crippen LogP contribution in [0.15, 0.2) is 16.9 Å². The van der Waals surface area contributed by atoms with Gasteiger partial charge in [-0.15, -0.1) is 0 Å². The van der Waals surface area contributed by atoms with Gasteiger partial charge in [0.15, 0.2) is 9.84 Å². The Labute approximate surface area is 119 Å². The van der Waals surface area contributed by atoms with E-state index in [1.165, 1.54) is 0 Å². The van der Waals surface area contributed by atoms with E-state index in [4.69, 9.17) is 0 Å². The number of halogens is 1. The number of thioether (sulfide) groups is 1. The molecule has 1 unspecified atom stereocenters. The molecule has 1 aromatic heterocycles. The van der Waals surface area contributed by atoms with Gasteiger partial charge in [0.05, 0.1) is 4.47 Å². The molecule has 0 aromatic carbocycles. The first-order valence-corrected chi connectivity index (χ1v) is 9.24. The summed E-state index contributed by atoms with van der Waals surface area (Å²) in [6.07, 6.45) is 3.28. The van der Waals surface area contributed by atoms with Gasteiger partial charge < -0.3 is 4.90 Å². The number of hydrogen-bond donors (Lipinski definition) is 0. The van der Waals surface area contributed by atoms with Crippen LogP contribution in [-0.4, -0.2) is 47.6 Å². The maximum absolute atomic E-state index is 12.1. The van der Waals surface area contributed by atoms with Crippen LogP contribution in [0.5, 0.6) is 0 Å². The summed E-state index contributed by atoms with van der Waals surface area (Å²) >= 11 is 4.93. The molecule has 1 saturated heterocycles. The molecule has 1 aliphatic heterocycles. The highest BCUT2D eigenvalue weighted by Gasteiger charge is 2.34. The topological polar surface area (TPSA) is 63.2 Å². The zero-order chi connectivity index (χ0) is 13.2. The van der Waals surface area contributed by atoms with E-state index in [-0.39, 0.29) is 5.75 Å². The van der Waals surface area contributed by atoms with Crippen LogP contribution in [0.4, 0.5) is 5.95 Å². The Balaban J connectivity index is 2.31. The lowest BCUT2D eigenvalue weighted by Crippen LogP contribution is -2.48. The summed E-state index contributed by atoms with van der Waals surface area (Å²) in [4.78, 5) is 10.2. The predicted molar refractivity (Wildman–Crippen MR) is 77.7 cm³/mol. The molecular formula is C10H14BrN3O2S2. The van der Waals surface area contributed by atoms with Gasteiger partial charge in [-0.25, -0.2) is 18.4 Å². The maximum atomic E-state index is 12.1. The third kappa shape index (κ3) is 2.97. The van der Waals surface area contributed by atoms with Crippen LogP contribution >= 0.6 is 27.7 Å². The summed E-state index contributed by atoms with van der Waals surface area (Å²) in [5.41, 5.74) is 0. The lowest BCUT2D eigenvalue weighted by molar-refractivity contribution is 0.577. The fourth-order valence-corrected chi connectivity index (χ4v) is 4.92.